The highest BCUT2D eigenvalue weighted by Gasteiger charge is 2.28. The summed E-state index contributed by atoms with van der Waals surface area (Å²) in [5, 5.41) is 3.14. The van der Waals surface area contributed by atoms with Crippen LogP contribution < -0.4 is 5.32 Å². The van der Waals surface area contributed by atoms with Crippen molar-refractivity contribution in [2.75, 3.05) is 45.8 Å². The van der Waals surface area contributed by atoms with Gasteiger partial charge in [-0.2, -0.15) is 0 Å². The number of hydrogen-bond acceptors (Lipinski definition) is 3. The first kappa shape index (κ1) is 18.8. The largest absolute Gasteiger partial charge is 0.334 e. The van der Waals surface area contributed by atoms with Crippen LogP contribution in [-0.2, 0) is 13.1 Å². The summed E-state index contributed by atoms with van der Waals surface area (Å²) in [6.45, 7) is 9.57. The second-order valence-electron chi connectivity index (χ2n) is 8.57. The zero-order valence-electron chi connectivity index (χ0n) is 16.5. The quantitative estimate of drug-likeness (QED) is 0.837. The van der Waals surface area contributed by atoms with Crippen LogP contribution in [0.4, 0.5) is 4.79 Å². The van der Waals surface area contributed by atoms with Crippen molar-refractivity contribution < 1.29 is 4.79 Å². The molecular weight excluding hydrogens is 336 g/mol. The fourth-order valence-electron chi connectivity index (χ4n) is 4.82. The lowest BCUT2D eigenvalue weighted by molar-refractivity contribution is 0.203. The number of nitrogens with zero attached hydrogens (tertiary/aromatic N) is 3. The smallest absolute Gasteiger partial charge is 0.317 e. The van der Waals surface area contributed by atoms with Gasteiger partial charge >= 0.3 is 6.03 Å². The molecule has 5 heteroatoms. The molecule has 0 bridgehead atoms. The molecule has 1 aromatic carbocycles. The Labute approximate surface area is 163 Å². The van der Waals surface area contributed by atoms with Crippen LogP contribution in [0, 0.1) is 5.92 Å². The van der Waals surface area contributed by atoms with E-state index in [0.29, 0.717) is 12.5 Å². The number of benzene rings is 1. The maximum Gasteiger partial charge on any atom is 0.317 e. The fraction of sp³-hybridized carbons (Fsp3) is 0.682. The van der Waals surface area contributed by atoms with Gasteiger partial charge in [0.2, 0.25) is 0 Å². The summed E-state index contributed by atoms with van der Waals surface area (Å²) < 4.78 is 0. The van der Waals surface area contributed by atoms with Crippen LogP contribution in [0.3, 0.4) is 0 Å². The molecule has 0 radical (unpaired) electrons. The molecule has 0 spiro atoms. The van der Waals surface area contributed by atoms with Gasteiger partial charge in [-0.15, -0.1) is 0 Å². The molecule has 1 aromatic rings. The normalized spacial score (nSPS) is 24.0. The van der Waals surface area contributed by atoms with Crippen molar-refractivity contribution in [1.29, 1.82) is 0 Å². The second-order valence-corrected chi connectivity index (χ2v) is 8.57. The Morgan fingerprint density at radius 2 is 1.67 bits per heavy atom. The van der Waals surface area contributed by atoms with Gasteiger partial charge in [0.05, 0.1) is 0 Å². The van der Waals surface area contributed by atoms with E-state index < -0.39 is 0 Å². The third-order valence-corrected chi connectivity index (χ3v) is 6.33. The molecule has 148 valence electrons. The Morgan fingerprint density at radius 1 is 0.963 bits per heavy atom. The van der Waals surface area contributed by atoms with E-state index in [1.165, 1.54) is 69.5 Å². The van der Waals surface area contributed by atoms with Gasteiger partial charge in [-0.05, 0) is 75.3 Å². The van der Waals surface area contributed by atoms with E-state index in [9.17, 15) is 4.79 Å². The van der Waals surface area contributed by atoms with Crippen LogP contribution in [-0.4, -0.2) is 66.5 Å². The summed E-state index contributed by atoms with van der Waals surface area (Å²) in [6.07, 6.45) is 6.48. The number of urea groups is 1. The molecule has 27 heavy (non-hydrogen) atoms. The summed E-state index contributed by atoms with van der Waals surface area (Å²) in [4.78, 5) is 19.7. The Balaban J connectivity index is 1.22. The Bertz CT molecular complexity index is 622. The van der Waals surface area contributed by atoms with Crippen molar-refractivity contribution in [3.63, 3.8) is 0 Å². The number of carbonyl (C=O) groups excluding carboxylic acids is 1. The molecule has 0 aromatic heterocycles. The van der Waals surface area contributed by atoms with Crippen molar-refractivity contribution in [2.24, 2.45) is 5.92 Å². The van der Waals surface area contributed by atoms with E-state index in [0.717, 1.165) is 26.1 Å². The number of nitrogens with one attached hydrogen (secondary N) is 1. The van der Waals surface area contributed by atoms with Gasteiger partial charge in [-0.25, -0.2) is 4.79 Å². The molecule has 0 saturated carbocycles. The van der Waals surface area contributed by atoms with Crippen molar-refractivity contribution in [2.45, 2.75) is 45.2 Å². The van der Waals surface area contributed by atoms with Gasteiger partial charge in [-0.1, -0.05) is 24.3 Å². The topological polar surface area (TPSA) is 38.8 Å². The average Bonchev–Trinajstić information content (AvgIpc) is 3.43. The van der Waals surface area contributed by atoms with Gasteiger partial charge < -0.3 is 15.1 Å². The summed E-state index contributed by atoms with van der Waals surface area (Å²) >= 11 is 0. The summed E-state index contributed by atoms with van der Waals surface area (Å²) in [7, 11) is 0. The molecule has 3 heterocycles. The second kappa shape index (κ2) is 9.07. The molecular formula is C22H34N4O. The molecule has 4 rings (SSSR count). The van der Waals surface area contributed by atoms with Crippen molar-refractivity contribution in [3.05, 3.63) is 35.4 Å². The molecule has 3 saturated heterocycles. The van der Waals surface area contributed by atoms with E-state index in [2.05, 4.69) is 39.4 Å². The highest BCUT2D eigenvalue weighted by Crippen LogP contribution is 2.20. The molecule has 3 aliphatic rings. The van der Waals surface area contributed by atoms with Gasteiger partial charge in [0.15, 0.2) is 0 Å². The third-order valence-electron chi connectivity index (χ3n) is 6.33. The van der Waals surface area contributed by atoms with Crippen molar-refractivity contribution in [3.8, 4) is 0 Å². The van der Waals surface area contributed by atoms with Gasteiger partial charge in [0.25, 0.3) is 0 Å². The number of likely N-dealkylation sites (tertiary alicyclic amines) is 3. The zero-order chi connectivity index (χ0) is 18.5. The van der Waals surface area contributed by atoms with E-state index in [1.807, 2.05) is 4.90 Å². The van der Waals surface area contributed by atoms with Gasteiger partial charge in [-0.3, -0.25) is 4.90 Å². The van der Waals surface area contributed by atoms with Crippen LogP contribution in [0.1, 0.15) is 43.2 Å². The Hall–Kier alpha value is -1.59. The van der Waals surface area contributed by atoms with Crippen LogP contribution in [0.25, 0.3) is 0 Å². The monoisotopic (exact) mass is 370 g/mol. The number of hydrogen-bond donors (Lipinski definition) is 1. The number of amides is 2. The first-order valence-electron chi connectivity index (χ1n) is 10.8. The summed E-state index contributed by atoms with van der Waals surface area (Å²) in [6, 6.07) is 8.79. The molecule has 2 amide bonds. The average molecular weight is 371 g/mol. The first-order valence-corrected chi connectivity index (χ1v) is 10.8. The number of carbonyl (C=O) groups is 1. The first-order chi connectivity index (χ1) is 13.3. The highest BCUT2D eigenvalue weighted by molar-refractivity contribution is 5.74. The standard InChI is InChI=1S/C22H34N4O/c27-22(26-13-8-21(18-26)17-25-11-3-4-12-25)23-15-19-6-5-7-20(14-19)16-24-9-1-2-10-24/h5-7,14,21H,1-4,8-13,15-18H2,(H,23,27). The molecule has 3 fully saturated rings. The molecule has 1 atom stereocenters. The minimum absolute atomic E-state index is 0.101. The van der Waals surface area contributed by atoms with Gasteiger partial charge in [0.1, 0.15) is 0 Å². The molecule has 5 nitrogen and oxygen atoms in total. The van der Waals surface area contributed by atoms with Crippen LogP contribution >= 0.6 is 0 Å². The van der Waals surface area contributed by atoms with E-state index >= 15 is 0 Å². The SMILES string of the molecule is O=C(NCc1cccc(CN2CCCC2)c1)N1CCC(CN2CCCC2)C1. The predicted molar refractivity (Wildman–Crippen MR) is 109 cm³/mol. The summed E-state index contributed by atoms with van der Waals surface area (Å²) in [5.74, 6) is 0.651. The maximum absolute atomic E-state index is 12.6. The van der Waals surface area contributed by atoms with Crippen LogP contribution in [0.15, 0.2) is 24.3 Å². The molecule has 0 aliphatic carbocycles. The lowest BCUT2D eigenvalue weighted by Gasteiger charge is -2.21. The minimum Gasteiger partial charge on any atom is -0.334 e. The lowest BCUT2D eigenvalue weighted by Crippen LogP contribution is -2.39. The van der Waals surface area contributed by atoms with E-state index in [4.69, 9.17) is 0 Å². The van der Waals surface area contributed by atoms with Crippen molar-refractivity contribution >= 4 is 6.03 Å². The fourth-order valence-corrected chi connectivity index (χ4v) is 4.82. The zero-order valence-corrected chi connectivity index (χ0v) is 16.5. The lowest BCUT2D eigenvalue weighted by atomic mass is 10.1. The molecule has 1 unspecified atom stereocenters. The Morgan fingerprint density at radius 3 is 2.44 bits per heavy atom. The van der Waals surface area contributed by atoms with Crippen molar-refractivity contribution in [1.82, 2.24) is 20.0 Å². The molecule has 1 N–H and O–H groups in total. The highest BCUT2D eigenvalue weighted by atomic mass is 16.2. The van der Waals surface area contributed by atoms with E-state index in [1.54, 1.807) is 0 Å². The minimum atomic E-state index is 0.101. The number of rotatable bonds is 6. The third kappa shape index (κ3) is 5.23. The van der Waals surface area contributed by atoms with Gasteiger partial charge in [0, 0.05) is 32.7 Å². The predicted octanol–water partition coefficient (Wildman–Crippen LogP) is 2.91. The molecule has 3 aliphatic heterocycles. The maximum atomic E-state index is 12.6. The Kier molecular flexibility index (Phi) is 6.30. The summed E-state index contributed by atoms with van der Waals surface area (Å²) in [5.41, 5.74) is 2.56. The van der Waals surface area contributed by atoms with Crippen LogP contribution in [0.5, 0.6) is 0 Å². The van der Waals surface area contributed by atoms with E-state index in [-0.39, 0.29) is 6.03 Å². The van der Waals surface area contributed by atoms with Crippen LogP contribution in [0.2, 0.25) is 0 Å².